The lowest BCUT2D eigenvalue weighted by atomic mass is 9.58. The SMILES string of the molecule is CCN(CC)C(=O)OCCCCCCCCCCCS[C@@H]1O[C@@H]2O[C@]3(C)CC[C@H]4[C@H](C)CC[C@@H]([C@H]1C)[C@@]24OO3. The molecule has 5 aliphatic rings. The maximum atomic E-state index is 11.8. The molecule has 39 heavy (non-hydrogen) atoms. The molecule has 226 valence electrons. The first kappa shape index (κ1) is 31.4. The number of ether oxygens (including phenoxy) is 3. The quantitative estimate of drug-likeness (QED) is 0.147. The minimum atomic E-state index is -0.689. The van der Waals surface area contributed by atoms with Gasteiger partial charge >= 0.3 is 6.09 Å². The molecule has 8 heteroatoms. The predicted octanol–water partition coefficient (Wildman–Crippen LogP) is 7.92. The first-order valence-corrected chi connectivity index (χ1v) is 17.1. The fourth-order valence-electron chi connectivity index (χ4n) is 7.44. The van der Waals surface area contributed by atoms with E-state index < -0.39 is 11.4 Å². The van der Waals surface area contributed by atoms with Crippen LogP contribution in [0.4, 0.5) is 4.79 Å². The lowest BCUT2D eigenvalue weighted by molar-refractivity contribution is -0.568. The molecular formula is C31H55NO6S. The molecule has 7 nitrogen and oxygen atoms in total. The van der Waals surface area contributed by atoms with Gasteiger partial charge in [-0.1, -0.05) is 58.8 Å². The molecular weight excluding hydrogens is 514 g/mol. The van der Waals surface area contributed by atoms with Crippen LogP contribution in [0.25, 0.3) is 0 Å². The number of carbonyl (C=O) groups is 1. The van der Waals surface area contributed by atoms with Gasteiger partial charge in [0.25, 0.3) is 0 Å². The van der Waals surface area contributed by atoms with Gasteiger partial charge in [0.15, 0.2) is 11.9 Å². The molecule has 4 saturated heterocycles. The molecule has 0 aromatic rings. The van der Waals surface area contributed by atoms with E-state index in [1.165, 1.54) is 57.8 Å². The summed E-state index contributed by atoms with van der Waals surface area (Å²) in [5.41, 5.74) is -0.280. The zero-order valence-corrected chi connectivity index (χ0v) is 26.1. The fourth-order valence-corrected chi connectivity index (χ4v) is 8.71. The second kappa shape index (κ2) is 14.6. The number of nitrogens with zero attached hydrogens (tertiary/aromatic N) is 1. The first-order valence-electron chi connectivity index (χ1n) is 16.1. The molecule has 1 spiro atoms. The van der Waals surface area contributed by atoms with Crippen molar-refractivity contribution in [3.8, 4) is 0 Å². The Bertz CT molecular complexity index is 767. The number of thioether (sulfide) groups is 1. The van der Waals surface area contributed by atoms with Gasteiger partial charge in [-0.25, -0.2) is 14.6 Å². The molecule has 1 amide bonds. The summed E-state index contributed by atoms with van der Waals surface area (Å²) in [6.07, 6.45) is 15.0. The molecule has 0 radical (unpaired) electrons. The fraction of sp³-hybridized carbons (Fsp3) is 0.968. The summed E-state index contributed by atoms with van der Waals surface area (Å²) in [7, 11) is 0. The van der Waals surface area contributed by atoms with Crippen LogP contribution in [0.5, 0.6) is 0 Å². The summed E-state index contributed by atoms with van der Waals surface area (Å²) in [4.78, 5) is 25.8. The van der Waals surface area contributed by atoms with Crippen LogP contribution >= 0.6 is 11.8 Å². The van der Waals surface area contributed by atoms with Gasteiger partial charge < -0.3 is 19.1 Å². The van der Waals surface area contributed by atoms with E-state index in [1.54, 1.807) is 4.90 Å². The average molecular weight is 570 g/mol. The Morgan fingerprint density at radius 1 is 0.897 bits per heavy atom. The summed E-state index contributed by atoms with van der Waals surface area (Å²) >= 11 is 1.98. The van der Waals surface area contributed by atoms with E-state index in [4.69, 9.17) is 24.0 Å². The Labute approximate surface area is 241 Å². The molecule has 4 heterocycles. The van der Waals surface area contributed by atoms with Gasteiger partial charge in [0.05, 0.1) is 6.61 Å². The highest BCUT2D eigenvalue weighted by atomic mass is 32.2. The van der Waals surface area contributed by atoms with Gasteiger partial charge in [-0.05, 0) is 76.4 Å². The number of hydrogen-bond donors (Lipinski definition) is 0. The van der Waals surface area contributed by atoms with Crippen molar-refractivity contribution in [3.63, 3.8) is 0 Å². The Hall–Kier alpha value is -0.540. The molecule has 4 aliphatic heterocycles. The van der Waals surface area contributed by atoms with Crippen LogP contribution in [0.1, 0.15) is 118 Å². The summed E-state index contributed by atoms with van der Waals surface area (Å²) in [5, 5.41) is 0. The van der Waals surface area contributed by atoms with E-state index in [9.17, 15) is 4.79 Å². The Balaban J connectivity index is 1.07. The van der Waals surface area contributed by atoms with E-state index in [0.717, 1.165) is 31.4 Å². The van der Waals surface area contributed by atoms with Crippen molar-refractivity contribution >= 4 is 17.9 Å². The predicted molar refractivity (Wildman–Crippen MR) is 155 cm³/mol. The lowest BCUT2D eigenvalue weighted by Crippen LogP contribution is -2.70. The van der Waals surface area contributed by atoms with Gasteiger partial charge in [0, 0.05) is 25.4 Å². The number of rotatable bonds is 15. The molecule has 5 rings (SSSR count). The van der Waals surface area contributed by atoms with Crippen molar-refractivity contribution in [2.75, 3.05) is 25.4 Å². The van der Waals surface area contributed by atoms with Gasteiger partial charge in [0.1, 0.15) is 5.44 Å². The second-order valence-electron chi connectivity index (χ2n) is 12.6. The summed E-state index contributed by atoms with van der Waals surface area (Å²) < 4.78 is 18.5. The number of carbonyl (C=O) groups excluding carboxylic acids is 1. The van der Waals surface area contributed by atoms with Crippen LogP contribution < -0.4 is 0 Å². The van der Waals surface area contributed by atoms with E-state index >= 15 is 0 Å². The summed E-state index contributed by atoms with van der Waals surface area (Å²) in [6, 6.07) is 0. The van der Waals surface area contributed by atoms with E-state index in [1.807, 2.05) is 32.5 Å². The van der Waals surface area contributed by atoms with E-state index in [2.05, 4.69) is 13.8 Å². The minimum Gasteiger partial charge on any atom is -0.449 e. The van der Waals surface area contributed by atoms with Gasteiger partial charge in [-0.15, -0.1) is 11.8 Å². The van der Waals surface area contributed by atoms with Gasteiger partial charge in [-0.3, -0.25) is 0 Å². The number of amides is 1. The van der Waals surface area contributed by atoms with Crippen LogP contribution in [0.2, 0.25) is 0 Å². The van der Waals surface area contributed by atoms with E-state index in [0.29, 0.717) is 43.4 Å². The maximum Gasteiger partial charge on any atom is 0.409 e. The molecule has 0 aromatic carbocycles. The van der Waals surface area contributed by atoms with Crippen molar-refractivity contribution in [1.82, 2.24) is 4.90 Å². The average Bonchev–Trinajstić information content (AvgIpc) is 3.16. The Kier molecular flexibility index (Phi) is 11.7. The van der Waals surface area contributed by atoms with Crippen molar-refractivity contribution in [3.05, 3.63) is 0 Å². The van der Waals surface area contributed by atoms with Crippen molar-refractivity contribution in [2.45, 2.75) is 141 Å². The monoisotopic (exact) mass is 569 g/mol. The number of unbranched alkanes of at least 4 members (excludes halogenated alkanes) is 8. The van der Waals surface area contributed by atoms with Crippen molar-refractivity contribution in [1.29, 1.82) is 0 Å². The van der Waals surface area contributed by atoms with E-state index in [-0.39, 0.29) is 17.8 Å². The zero-order chi connectivity index (χ0) is 27.9. The Morgan fingerprint density at radius 2 is 1.56 bits per heavy atom. The summed E-state index contributed by atoms with van der Waals surface area (Å²) in [6.45, 7) is 12.7. The van der Waals surface area contributed by atoms with Gasteiger partial charge in [0.2, 0.25) is 5.79 Å². The largest absolute Gasteiger partial charge is 0.449 e. The number of hydrogen-bond acceptors (Lipinski definition) is 7. The molecule has 0 N–H and O–H groups in total. The topological polar surface area (TPSA) is 66.5 Å². The third-order valence-corrected chi connectivity index (χ3v) is 11.3. The second-order valence-corrected chi connectivity index (χ2v) is 13.8. The van der Waals surface area contributed by atoms with Crippen LogP contribution in [-0.4, -0.2) is 59.6 Å². The highest BCUT2D eigenvalue weighted by Gasteiger charge is 2.69. The van der Waals surface area contributed by atoms with Crippen LogP contribution in [0.15, 0.2) is 0 Å². The molecule has 1 aliphatic carbocycles. The molecule has 1 saturated carbocycles. The summed E-state index contributed by atoms with van der Waals surface area (Å²) in [5.74, 6) is 2.35. The maximum absolute atomic E-state index is 11.8. The van der Waals surface area contributed by atoms with Gasteiger partial charge in [-0.2, -0.15) is 0 Å². The zero-order valence-electron chi connectivity index (χ0n) is 25.3. The minimum absolute atomic E-state index is 0.164. The lowest BCUT2D eigenvalue weighted by Gasteiger charge is -2.60. The standard InChI is InChI=1S/C31H55NO6S/c1-6-32(7-2)29(33)34-21-15-13-11-9-8-10-12-14-16-22-39-27-24(4)26-18-17-23(3)25-19-20-30(5)36-28(35-27)31(25,26)38-37-30/h23-28H,6-22H2,1-5H3/t23-,24-,25+,26+,27+,28-,30+,31-/m1/s1. The third-order valence-electron chi connectivity index (χ3n) is 9.92. The van der Waals surface area contributed by atoms with Crippen LogP contribution in [0, 0.1) is 23.7 Å². The van der Waals surface area contributed by atoms with Crippen LogP contribution in [-0.2, 0) is 24.0 Å². The van der Waals surface area contributed by atoms with Crippen molar-refractivity contribution < 1.29 is 28.8 Å². The molecule has 8 atom stereocenters. The molecule has 0 aromatic heterocycles. The first-order chi connectivity index (χ1) is 18.8. The Morgan fingerprint density at radius 3 is 2.26 bits per heavy atom. The highest BCUT2D eigenvalue weighted by molar-refractivity contribution is 7.99. The van der Waals surface area contributed by atoms with Crippen LogP contribution in [0.3, 0.4) is 0 Å². The molecule has 5 fully saturated rings. The highest BCUT2D eigenvalue weighted by Crippen LogP contribution is 2.61. The third kappa shape index (κ3) is 7.28. The smallest absolute Gasteiger partial charge is 0.409 e. The van der Waals surface area contributed by atoms with Crippen molar-refractivity contribution in [2.24, 2.45) is 23.7 Å². The molecule has 2 bridgehead atoms. The number of fused-ring (bicyclic) bond motifs is 2. The molecule has 0 unspecified atom stereocenters. The normalized spacial score (nSPS) is 37.3.